The molecule has 184 valence electrons. The third kappa shape index (κ3) is 5.58. The smallest absolute Gasteiger partial charge is 0.475 e. The van der Waals surface area contributed by atoms with Crippen molar-refractivity contribution in [3.63, 3.8) is 0 Å². The molecule has 1 aliphatic rings. The first-order valence-corrected chi connectivity index (χ1v) is 12.0. The van der Waals surface area contributed by atoms with Crippen LogP contribution in [0.25, 0.3) is 22.2 Å². The van der Waals surface area contributed by atoms with E-state index in [0.717, 1.165) is 40.7 Å². The average Bonchev–Trinajstić information content (AvgIpc) is 3.43. The number of carboxylic acids is 1. The number of hydrogen-bond acceptors (Lipinski definition) is 4. The van der Waals surface area contributed by atoms with Gasteiger partial charge in [0.15, 0.2) is 0 Å². The second kappa shape index (κ2) is 9.38. The molecule has 0 aliphatic carbocycles. The minimum atomic E-state index is -5.08. The van der Waals surface area contributed by atoms with E-state index in [2.05, 4.69) is 36.8 Å². The first-order chi connectivity index (χ1) is 15.7. The second-order valence-corrected chi connectivity index (χ2v) is 10.9. The molecule has 4 rings (SSSR count). The highest BCUT2D eigenvalue weighted by molar-refractivity contribution is 7.89. The molecule has 11 heteroatoms. The van der Waals surface area contributed by atoms with Crippen molar-refractivity contribution in [1.29, 1.82) is 0 Å². The molecule has 1 fully saturated rings. The average molecular weight is 498 g/mol. The number of sulfonamides is 1. The van der Waals surface area contributed by atoms with E-state index in [-0.39, 0.29) is 5.41 Å². The molecule has 1 aromatic carbocycles. The fraction of sp³-hybridized carbons (Fsp3) is 0.391. The van der Waals surface area contributed by atoms with Crippen LogP contribution in [0.15, 0.2) is 47.5 Å². The summed E-state index contributed by atoms with van der Waals surface area (Å²) in [6, 6.07) is 11.3. The van der Waals surface area contributed by atoms with Gasteiger partial charge in [-0.3, -0.25) is 0 Å². The molecule has 3 aromatic rings. The van der Waals surface area contributed by atoms with Crippen LogP contribution in [0.5, 0.6) is 0 Å². The monoisotopic (exact) mass is 497 g/mol. The predicted molar refractivity (Wildman–Crippen MR) is 122 cm³/mol. The Bertz CT molecular complexity index is 1270. The van der Waals surface area contributed by atoms with Crippen molar-refractivity contribution in [3.8, 4) is 11.1 Å². The van der Waals surface area contributed by atoms with Crippen LogP contribution in [-0.4, -0.2) is 53.0 Å². The Balaban J connectivity index is 0.000000406. The van der Waals surface area contributed by atoms with Gasteiger partial charge in [0.25, 0.3) is 0 Å². The quantitative estimate of drug-likeness (QED) is 0.533. The molecule has 0 unspecified atom stereocenters. The van der Waals surface area contributed by atoms with Crippen molar-refractivity contribution in [3.05, 3.63) is 48.3 Å². The summed E-state index contributed by atoms with van der Waals surface area (Å²) in [5, 5.41) is 8.18. The van der Waals surface area contributed by atoms with E-state index in [0.29, 0.717) is 18.0 Å². The van der Waals surface area contributed by atoms with Crippen LogP contribution in [0.3, 0.4) is 0 Å². The number of halogens is 3. The predicted octanol–water partition coefficient (Wildman–Crippen LogP) is 4.95. The van der Waals surface area contributed by atoms with Gasteiger partial charge in [0.05, 0.1) is 4.90 Å². The summed E-state index contributed by atoms with van der Waals surface area (Å²) in [6.07, 6.45) is -1.42. The minimum absolute atomic E-state index is 0.00559. The fourth-order valence-corrected chi connectivity index (χ4v) is 5.08. The summed E-state index contributed by atoms with van der Waals surface area (Å²) < 4.78 is 58.8. The van der Waals surface area contributed by atoms with Gasteiger partial charge in [0.1, 0.15) is 5.65 Å². The number of nitrogens with one attached hydrogen (secondary N) is 1. The van der Waals surface area contributed by atoms with Crippen molar-refractivity contribution in [2.75, 3.05) is 13.1 Å². The maximum Gasteiger partial charge on any atom is 0.490 e. The lowest BCUT2D eigenvalue weighted by atomic mass is 9.92. The Kier molecular flexibility index (Phi) is 7.09. The molecule has 2 N–H and O–H groups in total. The normalized spacial score (nSPS) is 15.2. The highest BCUT2D eigenvalue weighted by Gasteiger charge is 2.38. The molecule has 1 aliphatic heterocycles. The van der Waals surface area contributed by atoms with Crippen molar-refractivity contribution in [2.45, 2.75) is 50.1 Å². The van der Waals surface area contributed by atoms with E-state index >= 15 is 0 Å². The first-order valence-electron chi connectivity index (χ1n) is 10.6. The summed E-state index contributed by atoms with van der Waals surface area (Å²) in [5.74, 6) is -2.76. The maximum absolute atomic E-state index is 12.7. The number of aliphatic carboxylic acids is 1. The standard InChI is InChI=1S/C21H25N3O2S.C2HF3O2/c1-21(2,3)19-14-18-17(10-11-22-20(18)23-19)15-6-8-16(9-7-15)27(25,26)24-12-4-5-13-24;3-2(4,5)1(6)7/h6-11,14H,4-5,12-13H2,1-3H3,(H,22,23);(H,6,7). The van der Waals surface area contributed by atoms with Gasteiger partial charge in [-0.1, -0.05) is 32.9 Å². The molecule has 1 saturated heterocycles. The highest BCUT2D eigenvalue weighted by Crippen LogP contribution is 2.32. The van der Waals surface area contributed by atoms with Crippen LogP contribution in [0.2, 0.25) is 0 Å². The number of carbonyl (C=O) groups is 1. The molecule has 0 spiro atoms. The Hall–Kier alpha value is -2.92. The lowest BCUT2D eigenvalue weighted by molar-refractivity contribution is -0.192. The van der Waals surface area contributed by atoms with E-state index in [1.54, 1.807) is 22.6 Å². The maximum atomic E-state index is 12.7. The Morgan fingerprint density at radius 2 is 1.62 bits per heavy atom. The molecule has 3 heterocycles. The van der Waals surface area contributed by atoms with Crippen molar-refractivity contribution >= 4 is 27.0 Å². The van der Waals surface area contributed by atoms with Crippen LogP contribution in [0.1, 0.15) is 39.3 Å². The van der Waals surface area contributed by atoms with Gasteiger partial charge in [0.2, 0.25) is 10.0 Å². The summed E-state index contributed by atoms with van der Waals surface area (Å²) in [5.41, 5.74) is 4.03. The zero-order chi connectivity index (χ0) is 25.3. The number of nitrogens with zero attached hydrogens (tertiary/aromatic N) is 2. The van der Waals surface area contributed by atoms with E-state index in [1.165, 1.54) is 0 Å². The molecule has 0 amide bonds. The van der Waals surface area contributed by atoms with Gasteiger partial charge in [-0.25, -0.2) is 18.2 Å². The molecular weight excluding hydrogens is 471 g/mol. The highest BCUT2D eigenvalue weighted by atomic mass is 32.2. The van der Waals surface area contributed by atoms with E-state index < -0.39 is 22.2 Å². The van der Waals surface area contributed by atoms with Crippen LogP contribution < -0.4 is 0 Å². The summed E-state index contributed by atoms with van der Waals surface area (Å²) >= 11 is 0. The van der Waals surface area contributed by atoms with Crippen LogP contribution in [0.4, 0.5) is 13.2 Å². The lowest BCUT2D eigenvalue weighted by Crippen LogP contribution is -2.27. The van der Waals surface area contributed by atoms with Gasteiger partial charge in [-0.15, -0.1) is 0 Å². The van der Waals surface area contributed by atoms with Crippen LogP contribution in [-0.2, 0) is 20.2 Å². The van der Waals surface area contributed by atoms with Crippen molar-refractivity contribution in [2.24, 2.45) is 0 Å². The van der Waals surface area contributed by atoms with E-state index in [9.17, 15) is 21.6 Å². The van der Waals surface area contributed by atoms with Gasteiger partial charge >= 0.3 is 12.1 Å². The van der Waals surface area contributed by atoms with Crippen molar-refractivity contribution < 1.29 is 31.5 Å². The summed E-state index contributed by atoms with van der Waals surface area (Å²) in [7, 11) is -3.38. The third-order valence-electron chi connectivity index (χ3n) is 5.45. The Morgan fingerprint density at radius 1 is 1.06 bits per heavy atom. The number of alkyl halides is 3. The third-order valence-corrected chi connectivity index (χ3v) is 7.36. The number of aromatic amines is 1. The number of aromatic nitrogens is 2. The molecule has 0 saturated carbocycles. The number of pyridine rings is 1. The van der Waals surface area contributed by atoms with Gasteiger partial charge in [0, 0.05) is 35.8 Å². The molecule has 0 bridgehead atoms. The van der Waals surface area contributed by atoms with Crippen LogP contribution >= 0.6 is 0 Å². The largest absolute Gasteiger partial charge is 0.490 e. The zero-order valence-corrected chi connectivity index (χ0v) is 19.8. The molecular formula is C23H26F3N3O4S. The van der Waals surface area contributed by atoms with Gasteiger partial charge in [-0.2, -0.15) is 17.5 Å². The molecule has 34 heavy (non-hydrogen) atoms. The van der Waals surface area contributed by atoms with Gasteiger partial charge in [-0.05, 0) is 48.2 Å². The van der Waals surface area contributed by atoms with Crippen LogP contribution in [0, 0.1) is 0 Å². The summed E-state index contributed by atoms with van der Waals surface area (Å²) in [6.45, 7) is 7.72. The number of fused-ring (bicyclic) bond motifs is 1. The van der Waals surface area contributed by atoms with E-state index in [4.69, 9.17) is 9.90 Å². The SMILES string of the molecule is CC(C)(C)c1cc2c(-c3ccc(S(=O)(=O)N4CCCC4)cc3)ccnc2[nH]1.O=C(O)C(F)(F)F. The number of carboxylic acid groups (broad SMARTS) is 1. The number of benzene rings is 1. The first kappa shape index (κ1) is 25.7. The minimum Gasteiger partial charge on any atom is -0.475 e. The molecule has 0 radical (unpaired) electrons. The molecule has 7 nitrogen and oxygen atoms in total. The number of H-pyrrole nitrogens is 1. The fourth-order valence-electron chi connectivity index (χ4n) is 3.57. The summed E-state index contributed by atoms with van der Waals surface area (Å²) in [4.78, 5) is 17.1. The zero-order valence-electron chi connectivity index (χ0n) is 19.0. The van der Waals surface area contributed by atoms with Gasteiger partial charge < -0.3 is 10.1 Å². The second-order valence-electron chi connectivity index (χ2n) is 8.99. The number of rotatable bonds is 3. The Labute approximate surface area is 195 Å². The molecule has 2 aromatic heterocycles. The topological polar surface area (TPSA) is 103 Å². The van der Waals surface area contributed by atoms with E-state index in [1.807, 2.05) is 18.2 Å². The number of hydrogen-bond donors (Lipinski definition) is 2. The molecule has 0 atom stereocenters. The lowest BCUT2D eigenvalue weighted by Gasteiger charge is -2.15. The van der Waals surface area contributed by atoms with Crippen molar-refractivity contribution in [1.82, 2.24) is 14.3 Å². The Morgan fingerprint density at radius 3 is 2.12 bits per heavy atom.